The monoisotopic (exact) mass is 303 g/mol. The van der Waals surface area contributed by atoms with Gasteiger partial charge in [0.15, 0.2) is 0 Å². The third kappa shape index (κ3) is 3.49. The van der Waals surface area contributed by atoms with Crippen molar-refractivity contribution < 1.29 is 18.8 Å². The molecule has 2 heterocycles. The lowest BCUT2D eigenvalue weighted by Gasteiger charge is -2.03. The lowest BCUT2D eigenvalue weighted by Crippen LogP contribution is -2.23. The second kappa shape index (κ2) is 6.84. The summed E-state index contributed by atoms with van der Waals surface area (Å²) in [5.41, 5.74) is 1.58. The SMILES string of the molecule is COC(=O)/C=C/CNC(=O)c1cnc2onc(C(C)C)c2c1. The van der Waals surface area contributed by atoms with E-state index in [1.165, 1.54) is 25.5 Å². The molecule has 7 nitrogen and oxygen atoms in total. The zero-order chi connectivity index (χ0) is 16.1. The molecule has 2 aromatic rings. The molecule has 0 aliphatic heterocycles. The molecular formula is C15H17N3O4. The van der Waals surface area contributed by atoms with Crippen LogP contribution in [0, 0.1) is 0 Å². The van der Waals surface area contributed by atoms with E-state index < -0.39 is 5.97 Å². The highest BCUT2D eigenvalue weighted by atomic mass is 16.5. The zero-order valence-electron chi connectivity index (χ0n) is 12.6. The molecule has 0 saturated heterocycles. The van der Waals surface area contributed by atoms with Crippen molar-refractivity contribution in [1.82, 2.24) is 15.5 Å². The van der Waals surface area contributed by atoms with Crippen LogP contribution in [0.5, 0.6) is 0 Å². The molecule has 116 valence electrons. The van der Waals surface area contributed by atoms with Crippen LogP contribution in [0.1, 0.15) is 35.8 Å². The minimum absolute atomic E-state index is 0.171. The molecule has 22 heavy (non-hydrogen) atoms. The summed E-state index contributed by atoms with van der Waals surface area (Å²) in [4.78, 5) is 27.0. The molecule has 0 unspecified atom stereocenters. The number of hydrogen-bond acceptors (Lipinski definition) is 6. The van der Waals surface area contributed by atoms with Crippen LogP contribution in [0.2, 0.25) is 0 Å². The van der Waals surface area contributed by atoms with Gasteiger partial charge in [0.25, 0.3) is 11.6 Å². The highest BCUT2D eigenvalue weighted by Crippen LogP contribution is 2.23. The average molecular weight is 303 g/mol. The van der Waals surface area contributed by atoms with E-state index in [1.807, 2.05) is 13.8 Å². The third-order valence-electron chi connectivity index (χ3n) is 3.00. The Labute approximate surface area is 127 Å². The molecule has 7 heteroatoms. The Morgan fingerprint density at radius 3 is 2.91 bits per heavy atom. The van der Waals surface area contributed by atoms with Gasteiger partial charge in [0.1, 0.15) is 0 Å². The maximum atomic E-state index is 12.1. The minimum Gasteiger partial charge on any atom is -0.466 e. The molecular weight excluding hydrogens is 286 g/mol. The second-order valence-corrected chi connectivity index (χ2v) is 4.93. The quantitative estimate of drug-likeness (QED) is 0.668. The van der Waals surface area contributed by atoms with Crippen molar-refractivity contribution in [3.63, 3.8) is 0 Å². The van der Waals surface area contributed by atoms with Gasteiger partial charge >= 0.3 is 5.97 Å². The highest BCUT2D eigenvalue weighted by molar-refractivity contribution is 5.97. The summed E-state index contributed by atoms with van der Waals surface area (Å²) in [6.07, 6.45) is 4.18. The number of nitrogens with one attached hydrogen (secondary N) is 1. The van der Waals surface area contributed by atoms with E-state index in [1.54, 1.807) is 6.07 Å². The summed E-state index contributed by atoms with van der Waals surface area (Å²) in [5, 5.41) is 7.36. The Morgan fingerprint density at radius 1 is 1.45 bits per heavy atom. The van der Waals surface area contributed by atoms with Gasteiger partial charge < -0.3 is 14.6 Å². The summed E-state index contributed by atoms with van der Waals surface area (Å²) in [7, 11) is 1.29. The molecule has 0 aromatic carbocycles. The molecule has 0 fully saturated rings. The summed E-state index contributed by atoms with van der Waals surface area (Å²) < 4.78 is 9.58. The third-order valence-corrected chi connectivity index (χ3v) is 3.00. The van der Waals surface area contributed by atoms with Gasteiger partial charge in [-0.2, -0.15) is 0 Å². The van der Waals surface area contributed by atoms with E-state index in [4.69, 9.17) is 4.52 Å². The topological polar surface area (TPSA) is 94.3 Å². The van der Waals surface area contributed by atoms with E-state index in [9.17, 15) is 9.59 Å². The molecule has 0 aliphatic rings. The number of carbonyl (C=O) groups is 2. The molecule has 2 rings (SSSR count). The van der Waals surface area contributed by atoms with Crippen molar-refractivity contribution >= 4 is 23.0 Å². The largest absolute Gasteiger partial charge is 0.466 e. The van der Waals surface area contributed by atoms with Crippen LogP contribution in [0.4, 0.5) is 0 Å². The number of ether oxygens (including phenoxy) is 1. The highest BCUT2D eigenvalue weighted by Gasteiger charge is 2.15. The first-order chi connectivity index (χ1) is 10.5. The van der Waals surface area contributed by atoms with Crippen molar-refractivity contribution in [3.8, 4) is 0 Å². The fourth-order valence-corrected chi connectivity index (χ4v) is 1.87. The van der Waals surface area contributed by atoms with Gasteiger partial charge in [-0.15, -0.1) is 0 Å². The Balaban J connectivity index is 2.10. The van der Waals surface area contributed by atoms with Gasteiger partial charge in [-0.1, -0.05) is 25.1 Å². The Kier molecular flexibility index (Phi) is 4.88. The summed E-state index contributed by atoms with van der Waals surface area (Å²) in [5.74, 6) is -0.590. The summed E-state index contributed by atoms with van der Waals surface area (Å²) in [6.45, 7) is 4.19. The van der Waals surface area contributed by atoms with Crippen LogP contribution >= 0.6 is 0 Å². The second-order valence-electron chi connectivity index (χ2n) is 4.93. The van der Waals surface area contributed by atoms with E-state index in [0.29, 0.717) is 11.3 Å². The predicted octanol–water partition coefficient (Wildman–Crippen LogP) is 1.81. The number of esters is 1. The molecule has 0 spiro atoms. The maximum absolute atomic E-state index is 12.1. The van der Waals surface area contributed by atoms with Crippen molar-refractivity contribution in [2.45, 2.75) is 19.8 Å². The van der Waals surface area contributed by atoms with Crippen LogP contribution in [-0.2, 0) is 9.53 Å². The number of rotatable bonds is 5. The van der Waals surface area contributed by atoms with Crippen LogP contribution < -0.4 is 5.32 Å². The first kappa shape index (κ1) is 15.7. The molecule has 0 aliphatic carbocycles. The number of amides is 1. The molecule has 1 amide bonds. The van der Waals surface area contributed by atoms with Crippen LogP contribution in [0.15, 0.2) is 28.9 Å². The number of aromatic nitrogens is 2. The number of carbonyl (C=O) groups excluding carboxylic acids is 2. The van der Waals surface area contributed by atoms with Crippen molar-refractivity contribution in [2.75, 3.05) is 13.7 Å². The molecule has 0 bridgehead atoms. The van der Waals surface area contributed by atoms with Gasteiger partial charge in [-0.3, -0.25) is 4.79 Å². The van der Waals surface area contributed by atoms with Gasteiger partial charge in [-0.05, 0) is 12.0 Å². The maximum Gasteiger partial charge on any atom is 0.330 e. The van der Waals surface area contributed by atoms with Gasteiger partial charge in [0, 0.05) is 18.8 Å². The first-order valence-corrected chi connectivity index (χ1v) is 6.81. The smallest absolute Gasteiger partial charge is 0.330 e. The van der Waals surface area contributed by atoms with Gasteiger partial charge in [0.05, 0.1) is 23.8 Å². The number of pyridine rings is 1. The van der Waals surface area contributed by atoms with E-state index in [2.05, 4.69) is 20.2 Å². The number of hydrogen-bond donors (Lipinski definition) is 1. The number of nitrogens with zero attached hydrogens (tertiary/aromatic N) is 2. The van der Waals surface area contributed by atoms with Crippen molar-refractivity contribution in [2.24, 2.45) is 0 Å². The average Bonchev–Trinajstić information content (AvgIpc) is 2.94. The lowest BCUT2D eigenvalue weighted by molar-refractivity contribution is -0.134. The van der Waals surface area contributed by atoms with Gasteiger partial charge in [-0.25, -0.2) is 9.78 Å². The Bertz CT molecular complexity index is 719. The zero-order valence-corrected chi connectivity index (χ0v) is 12.6. The van der Waals surface area contributed by atoms with Gasteiger partial charge in [0.2, 0.25) is 0 Å². The van der Waals surface area contributed by atoms with Crippen molar-refractivity contribution in [3.05, 3.63) is 35.7 Å². The minimum atomic E-state index is -0.469. The molecule has 2 aromatic heterocycles. The summed E-state index contributed by atoms with van der Waals surface area (Å²) in [6, 6.07) is 1.70. The Morgan fingerprint density at radius 2 is 2.23 bits per heavy atom. The fraction of sp³-hybridized carbons (Fsp3) is 0.333. The van der Waals surface area contributed by atoms with Crippen LogP contribution in [-0.4, -0.2) is 35.7 Å². The molecule has 0 saturated carbocycles. The first-order valence-electron chi connectivity index (χ1n) is 6.81. The standard InChI is InChI=1S/C15H17N3O4/c1-9(2)13-11-7-10(8-17-15(11)22-18-13)14(20)16-6-4-5-12(19)21-3/h4-5,7-9H,6H2,1-3H3,(H,16,20)/b5-4+. The van der Waals surface area contributed by atoms with Crippen LogP contribution in [0.25, 0.3) is 11.1 Å². The Hall–Kier alpha value is -2.70. The van der Waals surface area contributed by atoms with E-state index >= 15 is 0 Å². The number of methoxy groups -OCH3 is 1. The van der Waals surface area contributed by atoms with E-state index in [0.717, 1.165) is 11.1 Å². The predicted molar refractivity (Wildman–Crippen MR) is 79.4 cm³/mol. The van der Waals surface area contributed by atoms with Crippen molar-refractivity contribution in [1.29, 1.82) is 0 Å². The van der Waals surface area contributed by atoms with Crippen LogP contribution in [0.3, 0.4) is 0 Å². The van der Waals surface area contributed by atoms with E-state index in [-0.39, 0.29) is 18.4 Å². The lowest BCUT2D eigenvalue weighted by atomic mass is 10.1. The molecule has 1 N–H and O–H groups in total. The molecule has 0 atom stereocenters. The summed E-state index contributed by atoms with van der Waals surface area (Å²) >= 11 is 0. The fourth-order valence-electron chi connectivity index (χ4n) is 1.87. The molecule has 0 radical (unpaired) electrons. The normalized spacial score (nSPS) is 11.3. The number of fused-ring (bicyclic) bond motifs is 1.